The molecule has 0 bridgehead atoms. The van der Waals surface area contributed by atoms with Gasteiger partial charge in [-0.15, -0.1) is 0 Å². The SMILES string of the molecule is CCC[CH2][Sn](=[O])[CH2]CCC.CCOC(=O)C1=C(CCO)NC(=S)NC1c1cccc(O)c1.CCOC(=O)C1=C(CCO)NC(=S)NC1c1cccc(O)c1.CCOC(=O)CC(=O)CCOSP.CCOC(C)=O.NC(N)=S.O=C1OCCC2=C1C(c1cccc(O)c1)NC(=S)N2.O=CCCOSP.O=Cc1cccc(O)c1.O=S(=O)(O)C(F)(F)F.O=S(=O)(O)C(F)(F)F.O=S(=O)(O)C(F)(F)F.P=S.[Cl][Sn][Cl].[Ti].[Ti].[Ti].[Yb]. The molecule has 0 saturated heterocycles. The van der Waals surface area contributed by atoms with Gasteiger partial charge in [-0.2, -0.15) is 64.8 Å². The summed E-state index contributed by atoms with van der Waals surface area (Å²) in [6, 6.07) is 24.6. The van der Waals surface area contributed by atoms with Crippen LogP contribution in [-0.4, -0.2) is 253 Å². The van der Waals surface area contributed by atoms with E-state index in [0.29, 0.717) is 112 Å². The Bertz CT molecular complexity index is 4830. The van der Waals surface area contributed by atoms with Crippen LogP contribution < -0.4 is 43.4 Å². The Kier molecular flexibility index (Phi) is 105. The molecule has 4 aromatic carbocycles. The summed E-state index contributed by atoms with van der Waals surface area (Å²) in [7, 11) is -0.465. The molecule has 4 aromatic rings. The van der Waals surface area contributed by atoms with Crippen molar-refractivity contribution in [3.8, 4) is 23.0 Å². The minimum atomic E-state index is -5.84. The number of ether oxygens (including phenoxy) is 5. The number of benzene rings is 4. The van der Waals surface area contributed by atoms with Crippen molar-refractivity contribution in [1.29, 1.82) is 0 Å². The number of cyclic esters (lactones) is 1. The monoisotopic (exact) mass is 2840 g/mol. The Hall–Kier alpha value is -2.92. The van der Waals surface area contributed by atoms with Crippen LogP contribution in [-0.2, 0) is 176 Å². The molecule has 5 atom stereocenters. The molecule has 4 aliphatic rings. The third-order valence-corrected chi connectivity index (χ3v) is 24.0. The van der Waals surface area contributed by atoms with Crippen molar-refractivity contribution in [2.24, 2.45) is 11.5 Å². The molecule has 19 N–H and O–H groups in total. The summed E-state index contributed by atoms with van der Waals surface area (Å²) in [5.74, 6) is -1.69. The van der Waals surface area contributed by atoms with Gasteiger partial charge in [-0.05, 0) is 167 Å². The number of ketones is 1. The second kappa shape index (κ2) is 93.5. The second-order valence-corrected chi connectivity index (χ2v) is 43.6. The van der Waals surface area contributed by atoms with Gasteiger partial charge in [0.25, 0.3) is 0 Å². The zero-order valence-electron chi connectivity index (χ0n) is 77.3. The van der Waals surface area contributed by atoms with Crippen LogP contribution >= 0.6 is 115 Å². The van der Waals surface area contributed by atoms with Gasteiger partial charge in [-0.1, -0.05) is 60.3 Å². The largest absolute Gasteiger partial charge is 0 e. The number of phenols is 4. The average Bonchev–Trinajstić information content (AvgIpc) is 0.777. The molecule has 2 radical (unpaired) electrons. The summed E-state index contributed by atoms with van der Waals surface area (Å²) >= 11 is 23.0. The van der Waals surface area contributed by atoms with Crippen molar-refractivity contribution in [1.82, 2.24) is 31.9 Å². The first-order chi connectivity index (χ1) is 65.7. The maximum atomic E-state index is 12.3. The number of esters is 5. The van der Waals surface area contributed by atoms with Crippen molar-refractivity contribution >= 4 is 264 Å². The fourth-order valence-corrected chi connectivity index (χ4v) is 16.1. The first kappa shape index (κ1) is 162. The number of nitrogens with one attached hydrogen (secondary N) is 6. The number of unbranched alkanes of at least 4 members (excludes halogenated alkanes) is 2. The number of nitrogens with two attached hydrogens (primary N) is 2. The van der Waals surface area contributed by atoms with Gasteiger partial charge in [0.15, 0.2) is 20.4 Å². The van der Waals surface area contributed by atoms with E-state index in [9.17, 15) is 106 Å². The smallest absolute Gasteiger partial charge is 0 e. The standard InChI is InChI=1S/2C15H18N2O4S.C13H12N2O3S.C7H13O4PS.C7H6O2.C4H8O2.2C4H9.C3H7O2PS.3CHF3O3S.CH4N2S.2ClH.O.HPS.2Sn.3Ti.Yb/c2*1-2-21-14(20)12-11(6-7-18)16-15(22)17-13(12)9-4-3-5-10(19)8-9;16-8-3-1-2-7(6-8)11-10-9(14-13(19)15-11)4-5-18-12(10)17;1-2-10-7(9)5-6(8)3-4-11-13-12;8-5-6-2-1-3-7(9)4-6;1-3-6-4(2)5;2*1-3-4-2;4-2-1-3-5-7-6;3*2-1(3,4)8(5,6)7;2-1(3)4;;;;1-2;;;;;;/h2*3-5,8,13,18-19H,2,6-7H2,1H3,(H2,16,17,22);1-3,6,11,16H,4-5H2,(H2,14,15,19);2-5,12H2,1H3;1-5,9H;3H2,1-2H3;2*1,3-4H2,2H3;2H,1,3,6H2;3*(H,5,6,7);(H4,2,3,4);2*1H;;1H;;;;;;/q;;;;;;;;;;;;;;;;;;+2;;;;/p-2. The number of hydrogen-bond acceptors (Lipinski definition) is 35. The summed E-state index contributed by atoms with van der Waals surface area (Å²) in [6.45, 7) is 14.9. The molecule has 4 aliphatic heterocycles. The summed E-state index contributed by atoms with van der Waals surface area (Å²) in [5, 5.41) is 75.1. The zero-order valence-corrected chi connectivity index (χ0v) is 102. The average molecular weight is 2840 g/mol. The van der Waals surface area contributed by atoms with E-state index >= 15 is 0 Å². The number of hydrogen-bond donors (Lipinski definition) is 17. The van der Waals surface area contributed by atoms with E-state index in [1.54, 1.807) is 107 Å². The van der Waals surface area contributed by atoms with Crippen molar-refractivity contribution in [2.75, 3.05) is 59.5 Å². The van der Waals surface area contributed by atoms with Crippen molar-refractivity contribution in [3.63, 3.8) is 0 Å². The van der Waals surface area contributed by atoms with Crippen LogP contribution in [0.25, 0.3) is 0 Å². The van der Waals surface area contributed by atoms with E-state index in [1.807, 2.05) is 6.07 Å². The van der Waals surface area contributed by atoms with Crippen LogP contribution in [0.5, 0.6) is 23.0 Å². The van der Waals surface area contributed by atoms with E-state index in [2.05, 4.69) is 116 Å². The predicted molar refractivity (Wildman–Crippen MR) is 539 cm³/mol. The molecule has 0 spiro atoms. The van der Waals surface area contributed by atoms with Crippen molar-refractivity contribution in [3.05, 3.63) is 153 Å². The van der Waals surface area contributed by atoms with Crippen LogP contribution in [0.2, 0.25) is 8.87 Å². The van der Waals surface area contributed by atoms with Crippen molar-refractivity contribution < 1.29 is 295 Å². The molecule has 0 fully saturated rings. The zero-order chi connectivity index (χ0) is 110. The topological polar surface area (TPSA) is 627 Å². The van der Waals surface area contributed by atoms with Gasteiger partial charge < -0.3 is 111 Å². The summed E-state index contributed by atoms with van der Waals surface area (Å²) in [6.07, 6.45) is 8.05. The Morgan fingerprint density at radius 2 is 0.910 bits per heavy atom. The normalized spacial score (nSPS) is 13.8. The van der Waals surface area contributed by atoms with Crippen LogP contribution in [0.3, 0.4) is 0 Å². The Morgan fingerprint density at radius 1 is 0.586 bits per heavy atom. The van der Waals surface area contributed by atoms with Crippen LogP contribution in [0.4, 0.5) is 39.5 Å². The van der Waals surface area contributed by atoms with E-state index < -0.39 is 116 Å². The minimum Gasteiger partial charge on any atom is 0 e. The van der Waals surface area contributed by atoms with E-state index in [-0.39, 0.29) is 216 Å². The molecule has 4 heterocycles. The maximum absolute atomic E-state index is 12.3. The fraction of sp³-hybridized carbons (Fsp3) is 0.447. The fourth-order valence-electron chi connectivity index (χ4n) is 9.48. The van der Waals surface area contributed by atoms with Crippen LogP contribution in [0.15, 0.2) is 131 Å². The molecule has 8 rings (SSSR count). The molecule has 0 aromatic heterocycles. The molecular formula is C76H108Cl2F9N8O31P3S10Sn2Ti3Yb. The molecule has 145 heavy (non-hydrogen) atoms. The molecule has 5 unspecified atom stereocenters. The number of carbonyl (C=O) groups is 8. The third kappa shape index (κ3) is 81.4. The van der Waals surface area contributed by atoms with Gasteiger partial charge in [0.2, 0.25) is 0 Å². The number of rotatable bonds is 30. The molecule has 39 nitrogen and oxygen atoms in total. The molecule has 824 valence electrons. The van der Waals surface area contributed by atoms with Gasteiger partial charge in [0, 0.05) is 210 Å². The Morgan fingerprint density at radius 3 is 1.19 bits per heavy atom. The summed E-state index contributed by atoms with van der Waals surface area (Å²) in [5.41, 5.74) is -1.63. The number of halogens is 11. The first-order valence-electron chi connectivity index (χ1n) is 39.5. The number of carbonyl (C=O) groups excluding carboxylic acids is 8. The number of phenolic OH excluding ortho intramolecular Hbond substituents is 4. The van der Waals surface area contributed by atoms with Crippen LogP contribution in [0.1, 0.15) is 158 Å². The first-order valence-corrected chi connectivity index (χ1v) is 64.0. The quantitative estimate of drug-likeness (QED) is 0.00187. The number of aldehydes is 2. The second-order valence-electron chi connectivity index (χ2n) is 25.5. The van der Waals surface area contributed by atoms with E-state index in [0.717, 1.165) is 38.1 Å². The van der Waals surface area contributed by atoms with Crippen molar-refractivity contribution in [2.45, 2.75) is 156 Å². The molecule has 0 saturated carbocycles. The van der Waals surface area contributed by atoms with Gasteiger partial charge in [0.05, 0.1) is 81.1 Å². The molecular weight excluding hydrogens is 2730 g/mol. The molecule has 0 aliphatic carbocycles. The number of aromatic hydroxyl groups is 4. The molecule has 0 amide bonds. The van der Waals surface area contributed by atoms with Gasteiger partial charge in [-0.3, -0.25) is 32.8 Å². The Balaban J connectivity index is -0.000000175. The van der Waals surface area contributed by atoms with Gasteiger partial charge >= 0.3 is 185 Å². The number of alkyl halides is 9. The number of Topliss-reactive ketones (excluding diaryl/α,β-unsaturated/α-hetero) is 1. The predicted octanol–water partition coefficient (Wildman–Crippen LogP) is 12.5. The van der Waals surface area contributed by atoms with Crippen LogP contribution in [0, 0.1) is 46.9 Å². The van der Waals surface area contributed by atoms with E-state index in [1.165, 1.54) is 56.4 Å². The Labute approximate surface area is 982 Å². The minimum absolute atomic E-state index is 0. The number of thiocarbonyl (C=S) groups is 4. The van der Waals surface area contributed by atoms with Gasteiger partial charge in [0.1, 0.15) is 47.8 Å². The third-order valence-electron chi connectivity index (χ3n) is 15.0. The molecule has 69 heteroatoms. The summed E-state index contributed by atoms with van der Waals surface area (Å²) < 4.78 is 220. The van der Waals surface area contributed by atoms with E-state index in [4.69, 9.17) is 121 Å². The number of aliphatic hydroxyl groups is 2. The maximum Gasteiger partial charge on any atom is 0 e. The summed E-state index contributed by atoms with van der Waals surface area (Å²) in [4.78, 5) is 87.8. The van der Waals surface area contributed by atoms with Gasteiger partial charge in [-0.25, -0.2) is 14.4 Å². The number of aliphatic hydroxyl groups excluding tert-OH is 2.